The fraction of sp³-hybridized carbons (Fsp3) is 0.444. The topological polar surface area (TPSA) is 146 Å². The van der Waals surface area contributed by atoms with E-state index >= 15 is 4.79 Å². The van der Waals surface area contributed by atoms with Crippen molar-refractivity contribution in [2.45, 2.75) is 23.7 Å². The molecule has 3 aromatic rings. The summed E-state index contributed by atoms with van der Waals surface area (Å²) in [5, 5.41) is 9.91. The van der Waals surface area contributed by atoms with Crippen LogP contribution < -0.4 is 13.8 Å². The van der Waals surface area contributed by atoms with Crippen molar-refractivity contribution in [1.82, 2.24) is 19.7 Å². The van der Waals surface area contributed by atoms with Crippen LogP contribution in [0.2, 0.25) is 0 Å². The van der Waals surface area contributed by atoms with Crippen LogP contribution in [0.1, 0.15) is 30.0 Å². The number of morpholine rings is 1. The first-order chi connectivity index (χ1) is 24.1. The largest absolute Gasteiger partial charge is 0.497 e. The zero-order chi connectivity index (χ0) is 35.1. The van der Waals surface area contributed by atoms with E-state index in [-0.39, 0.29) is 57.5 Å². The number of amides is 2. The number of likely N-dealkylation sites (tertiary alicyclic amines) is 2. The summed E-state index contributed by atoms with van der Waals surface area (Å²) >= 11 is 0. The number of carbonyl (C=O) groups excluding carboxylic acids is 2. The summed E-state index contributed by atoms with van der Waals surface area (Å²) < 4.78 is 46.0. The molecule has 13 nitrogen and oxygen atoms in total. The first kappa shape index (κ1) is 33.9. The van der Waals surface area contributed by atoms with Crippen LogP contribution in [0.4, 0.5) is 5.69 Å². The van der Waals surface area contributed by atoms with E-state index in [1.54, 1.807) is 24.0 Å². The number of rotatable bonds is 11. The Morgan fingerprint density at radius 1 is 1.00 bits per heavy atom. The van der Waals surface area contributed by atoms with Crippen LogP contribution in [-0.2, 0) is 29.8 Å². The lowest BCUT2D eigenvalue weighted by atomic mass is 9.70. The van der Waals surface area contributed by atoms with E-state index in [2.05, 4.69) is 20.9 Å². The molecule has 50 heavy (non-hydrogen) atoms. The number of nitriles is 1. The Balaban J connectivity index is 1.21. The SMILES string of the molecule is CCOc1ncccc1[C@]1(CC(=O)N2CC3(CN(CCN4CCOCC4)C3)C2)C(=O)N(S(=O)(=O)c2ccc(OC)cc2)c2ccc(C#N)cc21. The Morgan fingerprint density at radius 2 is 1.72 bits per heavy atom. The molecule has 0 unspecified atom stereocenters. The molecule has 262 valence electrons. The van der Waals surface area contributed by atoms with E-state index in [1.165, 1.54) is 55.8 Å². The highest BCUT2D eigenvalue weighted by atomic mass is 32.2. The first-order valence-corrected chi connectivity index (χ1v) is 18.3. The van der Waals surface area contributed by atoms with Gasteiger partial charge in [-0.3, -0.25) is 14.5 Å². The Kier molecular flexibility index (Phi) is 9.02. The third-order valence-corrected chi connectivity index (χ3v) is 12.0. The molecule has 3 fully saturated rings. The van der Waals surface area contributed by atoms with Crippen LogP contribution in [0.25, 0.3) is 0 Å². The molecule has 0 aliphatic carbocycles. The van der Waals surface area contributed by atoms with Crippen LogP contribution in [0.15, 0.2) is 65.7 Å². The predicted octanol–water partition coefficient (Wildman–Crippen LogP) is 2.25. The van der Waals surface area contributed by atoms with Crippen molar-refractivity contribution in [2.75, 3.05) is 83.6 Å². The van der Waals surface area contributed by atoms with Crippen LogP contribution in [0, 0.1) is 16.7 Å². The molecular formula is C36H40N6O7S. The second-order valence-electron chi connectivity index (χ2n) is 13.4. The number of ether oxygens (including phenoxy) is 3. The molecule has 5 heterocycles. The second kappa shape index (κ2) is 13.3. The number of sulfonamides is 1. The summed E-state index contributed by atoms with van der Waals surface area (Å²) in [7, 11) is -3.02. The van der Waals surface area contributed by atoms with Crippen molar-refractivity contribution < 1.29 is 32.2 Å². The van der Waals surface area contributed by atoms with Gasteiger partial charge in [0.1, 0.15) is 11.2 Å². The third-order valence-electron chi connectivity index (χ3n) is 10.2. The van der Waals surface area contributed by atoms with E-state index in [0.717, 1.165) is 56.8 Å². The molecule has 2 aromatic carbocycles. The molecule has 4 aliphatic rings. The number of carbonyl (C=O) groups is 2. The highest BCUT2D eigenvalue weighted by molar-refractivity contribution is 7.93. The summed E-state index contributed by atoms with van der Waals surface area (Å²) in [6, 6.07) is 15.5. The van der Waals surface area contributed by atoms with Gasteiger partial charge in [-0.15, -0.1) is 0 Å². The monoisotopic (exact) mass is 700 g/mol. The van der Waals surface area contributed by atoms with Crippen molar-refractivity contribution in [2.24, 2.45) is 5.41 Å². The van der Waals surface area contributed by atoms with E-state index in [1.807, 2.05) is 0 Å². The molecule has 0 bridgehead atoms. The first-order valence-electron chi connectivity index (χ1n) is 16.8. The maximum Gasteiger partial charge on any atom is 0.270 e. The van der Waals surface area contributed by atoms with Crippen molar-refractivity contribution >= 4 is 27.5 Å². The molecule has 1 atom stereocenters. The van der Waals surface area contributed by atoms with Gasteiger partial charge in [0.2, 0.25) is 11.8 Å². The van der Waals surface area contributed by atoms with E-state index < -0.39 is 21.3 Å². The fourth-order valence-electron chi connectivity index (χ4n) is 7.75. The Labute approximate surface area is 292 Å². The Morgan fingerprint density at radius 3 is 2.40 bits per heavy atom. The van der Waals surface area contributed by atoms with Crippen LogP contribution in [-0.4, -0.2) is 119 Å². The smallest absolute Gasteiger partial charge is 0.270 e. The number of pyridine rings is 1. The molecular weight excluding hydrogens is 660 g/mol. The number of anilines is 1. The lowest BCUT2D eigenvalue weighted by Crippen LogP contribution is -2.73. The fourth-order valence-corrected chi connectivity index (χ4v) is 9.24. The molecule has 1 aromatic heterocycles. The average molecular weight is 701 g/mol. The van der Waals surface area contributed by atoms with E-state index in [9.17, 15) is 18.5 Å². The lowest BCUT2D eigenvalue weighted by Gasteiger charge is -2.60. The van der Waals surface area contributed by atoms with Gasteiger partial charge in [-0.25, -0.2) is 17.7 Å². The van der Waals surface area contributed by atoms with Gasteiger partial charge in [-0.2, -0.15) is 5.26 Å². The van der Waals surface area contributed by atoms with Gasteiger partial charge in [0.05, 0.1) is 49.1 Å². The van der Waals surface area contributed by atoms with Gasteiger partial charge in [0.25, 0.3) is 15.9 Å². The summed E-state index contributed by atoms with van der Waals surface area (Å²) in [4.78, 5) is 40.2. The lowest BCUT2D eigenvalue weighted by molar-refractivity contribution is -0.161. The van der Waals surface area contributed by atoms with Crippen molar-refractivity contribution in [3.8, 4) is 17.7 Å². The number of fused-ring (bicyclic) bond motifs is 1. The zero-order valence-electron chi connectivity index (χ0n) is 28.2. The number of hydrogen-bond donors (Lipinski definition) is 0. The highest BCUT2D eigenvalue weighted by Crippen LogP contribution is 2.53. The van der Waals surface area contributed by atoms with Gasteiger partial charge in [-0.1, -0.05) is 6.07 Å². The molecule has 0 N–H and O–H groups in total. The number of hydrogen-bond acceptors (Lipinski definition) is 11. The number of nitrogens with zero attached hydrogens (tertiary/aromatic N) is 6. The maximum absolute atomic E-state index is 15.1. The van der Waals surface area contributed by atoms with Crippen molar-refractivity contribution in [1.29, 1.82) is 5.26 Å². The predicted molar refractivity (Wildman–Crippen MR) is 182 cm³/mol. The van der Waals surface area contributed by atoms with Crippen LogP contribution in [0.3, 0.4) is 0 Å². The molecule has 2 amide bonds. The molecule has 0 saturated carbocycles. The van der Waals surface area contributed by atoms with Gasteiger partial charge >= 0.3 is 0 Å². The van der Waals surface area contributed by atoms with Gasteiger partial charge < -0.3 is 24.0 Å². The summed E-state index contributed by atoms with van der Waals surface area (Å²) in [6.07, 6.45) is 1.15. The van der Waals surface area contributed by atoms with Crippen molar-refractivity contribution in [3.63, 3.8) is 0 Å². The highest BCUT2D eigenvalue weighted by Gasteiger charge is 2.60. The van der Waals surface area contributed by atoms with Crippen molar-refractivity contribution in [3.05, 3.63) is 77.5 Å². The van der Waals surface area contributed by atoms with Gasteiger partial charge in [0.15, 0.2) is 0 Å². The van der Waals surface area contributed by atoms with E-state index in [4.69, 9.17) is 14.2 Å². The molecule has 14 heteroatoms. The van der Waals surface area contributed by atoms with Gasteiger partial charge in [0, 0.05) is 76.0 Å². The second-order valence-corrected chi connectivity index (χ2v) is 15.2. The quantitative estimate of drug-likeness (QED) is 0.290. The summed E-state index contributed by atoms with van der Waals surface area (Å²) in [6.45, 7) is 10.3. The van der Waals surface area contributed by atoms with Crippen LogP contribution >= 0.6 is 0 Å². The number of aromatic nitrogens is 1. The minimum absolute atomic E-state index is 0.00786. The molecule has 0 radical (unpaired) electrons. The Hall–Kier alpha value is -4.55. The molecule has 1 spiro atoms. The maximum atomic E-state index is 15.1. The standard InChI is InChI=1S/C36H40N6O7S/c1-3-49-33-29(5-4-12-38-33)36(20-32(43)41-24-35(25-41)22-40(23-35)14-13-39-15-17-48-18-16-39)30-19-26(21-37)6-11-31(30)42(34(36)44)50(45,46)28-9-7-27(47-2)8-10-28/h4-12,19H,3,13-18,20,22-25H2,1-2H3/t36-/m0/s1. The number of benzene rings is 2. The van der Waals surface area contributed by atoms with E-state index in [0.29, 0.717) is 18.8 Å². The number of methoxy groups -OCH3 is 1. The molecule has 3 saturated heterocycles. The molecule has 7 rings (SSSR count). The summed E-state index contributed by atoms with van der Waals surface area (Å²) in [5.41, 5.74) is -1.06. The minimum atomic E-state index is -4.49. The minimum Gasteiger partial charge on any atom is -0.497 e. The average Bonchev–Trinajstić information content (AvgIpc) is 3.35. The zero-order valence-corrected chi connectivity index (χ0v) is 29.0. The summed E-state index contributed by atoms with van der Waals surface area (Å²) in [5.74, 6) is -0.567. The van der Waals surface area contributed by atoms with Crippen LogP contribution in [0.5, 0.6) is 11.6 Å². The van der Waals surface area contributed by atoms with Gasteiger partial charge in [-0.05, 0) is 61.0 Å². The third kappa shape index (κ3) is 5.77. The normalized spacial score (nSPS) is 21.7. The molecule has 4 aliphatic heterocycles. The Bertz CT molecular complexity index is 1930.